The molecule has 0 fully saturated rings. The van der Waals surface area contributed by atoms with Crippen LogP contribution in [-0.2, 0) is 10.2 Å². The molecule has 0 radical (unpaired) electrons. The van der Waals surface area contributed by atoms with Crippen LogP contribution in [0.5, 0.6) is 0 Å². The molecule has 0 bridgehead atoms. The topological polar surface area (TPSA) is 64.1 Å². The Kier molecular flexibility index (Phi) is 6.89. The van der Waals surface area contributed by atoms with Gasteiger partial charge in [0.05, 0.1) is 18.1 Å². The van der Waals surface area contributed by atoms with E-state index in [1.807, 2.05) is 39.0 Å². The van der Waals surface area contributed by atoms with E-state index in [-0.39, 0.29) is 11.3 Å². The van der Waals surface area contributed by atoms with Crippen LogP contribution in [0.3, 0.4) is 0 Å². The number of ether oxygens (including phenoxy) is 1. The highest BCUT2D eigenvalue weighted by Gasteiger charge is 2.17. The summed E-state index contributed by atoms with van der Waals surface area (Å²) in [5.41, 5.74) is 2.15. The molecule has 1 aromatic carbocycles. The Morgan fingerprint density at radius 1 is 1.23 bits per heavy atom. The minimum absolute atomic E-state index is 0.125. The average Bonchev–Trinajstić information content (AvgIpc) is 2.58. The number of aromatic nitrogens is 2. The number of amides is 1. The third-order valence-electron chi connectivity index (χ3n) is 4.09. The molecule has 1 heterocycles. The maximum Gasteiger partial charge on any atom is 0.255 e. The van der Waals surface area contributed by atoms with Gasteiger partial charge in [0.25, 0.3) is 5.91 Å². The Morgan fingerprint density at radius 2 is 1.88 bits per heavy atom. The predicted molar refractivity (Wildman–Crippen MR) is 108 cm³/mol. The summed E-state index contributed by atoms with van der Waals surface area (Å²) in [6.07, 6.45) is 4.19. The van der Waals surface area contributed by atoms with Crippen molar-refractivity contribution in [2.24, 2.45) is 0 Å². The Morgan fingerprint density at radius 3 is 2.46 bits per heavy atom. The Labute approximate surface area is 163 Å². The number of carbonyl (C=O) groups is 1. The van der Waals surface area contributed by atoms with Crippen molar-refractivity contribution in [1.82, 2.24) is 9.97 Å². The molecule has 0 spiro atoms. The molecule has 2 rings (SSSR count). The van der Waals surface area contributed by atoms with Crippen molar-refractivity contribution in [3.05, 3.63) is 52.0 Å². The first-order valence-electron chi connectivity index (χ1n) is 8.64. The van der Waals surface area contributed by atoms with Gasteiger partial charge < -0.3 is 10.1 Å². The van der Waals surface area contributed by atoms with E-state index >= 15 is 0 Å². The number of halogens is 1. The lowest BCUT2D eigenvalue weighted by Gasteiger charge is -2.16. The molecular weight excluding hydrogens is 394 g/mol. The van der Waals surface area contributed by atoms with E-state index in [9.17, 15) is 4.79 Å². The average molecular weight is 420 g/mol. The summed E-state index contributed by atoms with van der Waals surface area (Å²) in [6.45, 7) is 8.96. The van der Waals surface area contributed by atoms with E-state index in [2.05, 4.69) is 38.1 Å². The van der Waals surface area contributed by atoms with Gasteiger partial charge in [0.1, 0.15) is 5.82 Å². The molecule has 1 aromatic heterocycles. The summed E-state index contributed by atoms with van der Waals surface area (Å²) < 4.78 is 6.03. The minimum atomic E-state index is -0.182. The third kappa shape index (κ3) is 5.61. The zero-order valence-electron chi connectivity index (χ0n) is 16.0. The molecular formula is C20H26BrN3O2. The van der Waals surface area contributed by atoms with E-state index in [1.54, 1.807) is 19.5 Å². The number of hydrogen-bond acceptors (Lipinski definition) is 4. The lowest BCUT2D eigenvalue weighted by atomic mass is 9.96. The van der Waals surface area contributed by atoms with Crippen LogP contribution in [0.1, 0.15) is 61.8 Å². The Bertz CT molecular complexity index is 755. The van der Waals surface area contributed by atoms with Crippen LogP contribution in [0.15, 0.2) is 35.1 Å². The van der Waals surface area contributed by atoms with Gasteiger partial charge in [-0.05, 0) is 36.1 Å². The molecule has 1 unspecified atom stereocenters. The van der Waals surface area contributed by atoms with Crippen LogP contribution in [0.4, 0.5) is 5.69 Å². The zero-order valence-corrected chi connectivity index (χ0v) is 17.6. The number of carbonyl (C=O) groups excluding carboxylic acids is 1. The number of nitrogens with one attached hydrogen (secondary N) is 1. The Balaban J connectivity index is 2.15. The smallest absolute Gasteiger partial charge is 0.255 e. The number of hydrogen-bond donors (Lipinski definition) is 1. The monoisotopic (exact) mass is 419 g/mol. The first-order valence-corrected chi connectivity index (χ1v) is 9.43. The van der Waals surface area contributed by atoms with Crippen LogP contribution in [0.2, 0.25) is 0 Å². The Hall–Kier alpha value is -1.79. The maximum atomic E-state index is 12.6. The predicted octanol–water partition coefficient (Wildman–Crippen LogP) is 4.93. The molecule has 5 nitrogen and oxygen atoms in total. The normalized spacial score (nSPS) is 12.7. The fourth-order valence-electron chi connectivity index (χ4n) is 2.47. The summed E-state index contributed by atoms with van der Waals surface area (Å²) in [7, 11) is 1.69. The molecule has 1 amide bonds. The molecule has 0 aliphatic rings. The largest absolute Gasteiger partial charge is 0.385 e. The van der Waals surface area contributed by atoms with Gasteiger partial charge in [0.2, 0.25) is 0 Å². The molecule has 2 aromatic rings. The number of anilines is 1. The van der Waals surface area contributed by atoms with E-state index in [4.69, 9.17) is 4.74 Å². The first-order chi connectivity index (χ1) is 12.2. The second kappa shape index (κ2) is 8.73. The molecule has 6 heteroatoms. The lowest BCUT2D eigenvalue weighted by Crippen LogP contribution is -2.17. The van der Waals surface area contributed by atoms with Crippen LogP contribution >= 0.6 is 15.9 Å². The second-order valence-electron chi connectivity index (χ2n) is 7.46. The summed E-state index contributed by atoms with van der Waals surface area (Å²) in [4.78, 5) is 21.3. The molecule has 0 saturated carbocycles. The molecule has 1 N–H and O–H groups in total. The van der Waals surface area contributed by atoms with Crippen molar-refractivity contribution < 1.29 is 9.53 Å². The lowest BCUT2D eigenvalue weighted by molar-refractivity contribution is 0.102. The fourth-order valence-corrected chi connectivity index (χ4v) is 2.98. The standard InChI is InChI=1S/C20H26BrN3O2/c1-13(6-7-26-5)14-8-15(10-16(21)9-14)18(25)24-17-11-22-19(23-12-17)20(2,3)4/h8-13H,6-7H2,1-5H3,(H,24,25). The summed E-state index contributed by atoms with van der Waals surface area (Å²) in [5, 5.41) is 2.86. The van der Waals surface area contributed by atoms with Gasteiger partial charge in [-0.2, -0.15) is 0 Å². The van der Waals surface area contributed by atoms with Crippen LogP contribution in [0.25, 0.3) is 0 Å². The summed E-state index contributed by atoms with van der Waals surface area (Å²) in [5.74, 6) is 0.860. The van der Waals surface area contributed by atoms with Crippen LogP contribution < -0.4 is 5.32 Å². The van der Waals surface area contributed by atoms with Gasteiger partial charge in [0, 0.05) is 29.2 Å². The van der Waals surface area contributed by atoms with Crippen molar-refractivity contribution in [2.75, 3.05) is 19.0 Å². The van der Waals surface area contributed by atoms with Crippen molar-refractivity contribution in [2.45, 2.75) is 45.4 Å². The van der Waals surface area contributed by atoms with E-state index in [1.165, 1.54) is 0 Å². The minimum Gasteiger partial charge on any atom is -0.385 e. The van der Waals surface area contributed by atoms with Crippen molar-refractivity contribution >= 4 is 27.5 Å². The quantitative estimate of drug-likeness (QED) is 0.720. The molecule has 0 aliphatic heterocycles. The van der Waals surface area contributed by atoms with E-state index in [0.29, 0.717) is 23.8 Å². The van der Waals surface area contributed by atoms with Gasteiger partial charge in [-0.3, -0.25) is 4.79 Å². The summed E-state index contributed by atoms with van der Waals surface area (Å²) >= 11 is 3.50. The third-order valence-corrected chi connectivity index (χ3v) is 4.54. The van der Waals surface area contributed by atoms with E-state index in [0.717, 1.165) is 22.3 Å². The number of methoxy groups -OCH3 is 1. The van der Waals surface area contributed by atoms with Gasteiger partial charge in [-0.25, -0.2) is 9.97 Å². The second-order valence-corrected chi connectivity index (χ2v) is 8.37. The van der Waals surface area contributed by atoms with Crippen LogP contribution in [-0.4, -0.2) is 29.6 Å². The molecule has 140 valence electrons. The van der Waals surface area contributed by atoms with Gasteiger partial charge >= 0.3 is 0 Å². The number of rotatable bonds is 6. The molecule has 0 saturated heterocycles. The highest BCUT2D eigenvalue weighted by molar-refractivity contribution is 9.10. The van der Waals surface area contributed by atoms with Crippen LogP contribution in [0, 0.1) is 0 Å². The van der Waals surface area contributed by atoms with Gasteiger partial charge in [-0.1, -0.05) is 43.6 Å². The van der Waals surface area contributed by atoms with Crippen molar-refractivity contribution in [1.29, 1.82) is 0 Å². The first kappa shape index (κ1) is 20.5. The van der Waals surface area contributed by atoms with E-state index < -0.39 is 0 Å². The number of nitrogens with zero attached hydrogens (tertiary/aromatic N) is 2. The molecule has 26 heavy (non-hydrogen) atoms. The van der Waals surface area contributed by atoms with Gasteiger partial charge in [0.15, 0.2) is 0 Å². The van der Waals surface area contributed by atoms with Crippen molar-refractivity contribution in [3.8, 4) is 0 Å². The number of benzene rings is 1. The van der Waals surface area contributed by atoms with Gasteiger partial charge in [-0.15, -0.1) is 0 Å². The highest BCUT2D eigenvalue weighted by atomic mass is 79.9. The fraction of sp³-hybridized carbons (Fsp3) is 0.450. The molecule has 0 aliphatic carbocycles. The van der Waals surface area contributed by atoms with Crippen molar-refractivity contribution in [3.63, 3.8) is 0 Å². The zero-order chi connectivity index (χ0) is 19.3. The maximum absolute atomic E-state index is 12.6. The molecule has 1 atom stereocenters. The summed E-state index contributed by atoms with van der Waals surface area (Å²) in [6, 6.07) is 5.77. The highest BCUT2D eigenvalue weighted by Crippen LogP contribution is 2.25. The SMILES string of the molecule is COCCC(C)c1cc(Br)cc(C(=O)Nc2cnc(C(C)(C)C)nc2)c1.